The average molecular weight is 237 g/mol. The molecule has 96 valence electrons. The summed E-state index contributed by atoms with van der Waals surface area (Å²) in [6, 6.07) is 0. The lowest BCUT2D eigenvalue weighted by atomic mass is 10.2. The molecule has 0 unspecified atom stereocenters. The molecule has 0 aliphatic rings. The molecule has 0 aliphatic carbocycles. The van der Waals surface area contributed by atoms with E-state index in [0.29, 0.717) is 0 Å². The zero-order chi connectivity index (χ0) is 12.7. The summed E-state index contributed by atoms with van der Waals surface area (Å²) in [7, 11) is 1.71. The van der Waals surface area contributed by atoms with Crippen molar-refractivity contribution in [3.05, 3.63) is 29.6 Å². The summed E-state index contributed by atoms with van der Waals surface area (Å²) in [5, 5.41) is 7.90. The lowest BCUT2D eigenvalue weighted by Crippen LogP contribution is -2.19. The van der Waals surface area contributed by atoms with Crippen LogP contribution in [0.1, 0.15) is 23.4 Å². The van der Waals surface area contributed by atoms with Crippen LogP contribution < -0.4 is 5.32 Å². The van der Waals surface area contributed by atoms with E-state index >= 15 is 0 Å². The second-order valence-electron chi connectivity index (χ2n) is 4.12. The Morgan fingerprint density at radius 1 is 1.47 bits per heavy atom. The zero-order valence-corrected chi connectivity index (χ0v) is 11.1. The van der Waals surface area contributed by atoms with Gasteiger partial charge in [-0.1, -0.05) is 6.08 Å². The number of rotatable bonds is 8. The van der Waals surface area contributed by atoms with Crippen molar-refractivity contribution in [2.24, 2.45) is 0 Å². The Bertz CT molecular complexity index is 358. The number of allylic oxidation sites excluding steroid dienone is 1. The lowest BCUT2D eigenvalue weighted by molar-refractivity contribution is 0.199. The van der Waals surface area contributed by atoms with Crippen LogP contribution in [0.4, 0.5) is 0 Å². The van der Waals surface area contributed by atoms with Gasteiger partial charge in [-0.3, -0.25) is 4.68 Å². The molecule has 0 aliphatic heterocycles. The molecule has 1 aromatic heterocycles. The van der Waals surface area contributed by atoms with Gasteiger partial charge in [0, 0.05) is 38.0 Å². The van der Waals surface area contributed by atoms with Crippen molar-refractivity contribution in [2.75, 3.05) is 20.3 Å². The van der Waals surface area contributed by atoms with Crippen LogP contribution in [0, 0.1) is 13.8 Å². The summed E-state index contributed by atoms with van der Waals surface area (Å²) in [5.74, 6) is 0. The minimum atomic E-state index is 0.739. The molecule has 0 saturated heterocycles. The number of methoxy groups -OCH3 is 1. The first-order valence-corrected chi connectivity index (χ1v) is 6.04. The smallest absolute Gasteiger partial charge is 0.0641 e. The summed E-state index contributed by atoms with van der Waals surface area (Å²) in [5.41, 5.74) is 3.65. The van der Waals surface area contributed by atoms with E-state index < -0.39 is 0 Å². The Kier molecular flexibility index (Phi) is 5.94. The monoisotopic (exact) mass is 237 g/mol. The standard InChI is InChI=1S/C13H23N3O/c1-5-6-8-16-12(3)13(11(2)15-16)10-14-7-9-17-4/h5,14H,1,6-10H2,2-4H3. The first-order valence-electron chi connectivity index (χ1n) is 6.04. The number of ether oxygens (including phenoxy) is 1. The van der Waals surface area contributed by atoms with Crippen molar-refractivity contribution >= 4 is 0 Å². The van der Waals surface area contributed by atoms with E-state index in [9.17, 15) is 0 Å². The number of aryl methyl sites for hydroxylation is 2. The van der Waals surface area contributed by atoms with Crippen LogP contribution in [0.5, 0.6) is 0 Å². The topological polar surface area (TPSA) is 39.1 Å². The van der Waals surface area contributed by atoms with Crippen LogP contribution in [-0.4, -0.2) is 30.0 Å². The molecular formula is C13H23N3O. The molecule has 0 bridgehead atoms. The maximum absolute atomic E-state index is 5.00. The van der Waals surface area contributed by atoms with Crippen LogP contribution >= 0.6 is 0 Å². The van der Waals surface area contributed by atoms with Gasteiger partial charge >= 0.3 is 0 Å². The summed E-state index contributed by atoms with van der Waals surface area (Å²) in [6.45, 7) is 11.3. The van der Waals surface area contributed by atoms with Gasteiger partial charge in [0.1, 0.15) is 0 Å². The summed E-state index contributed by atoms with van der Waals surface area (Å²) in [6.07, 6.45) is 2.88. The van der Waals surface area contributed by atoms with E-state index in [1.54, 1.807) is 7.11 Å². The third kappa shape index (κ3) is 3.98. The van der Waals surface area contributed by atoms with Crippen LogP contribution in [0.2, 0.25) is 0 Å². The second-order valence-corrected chi connectivity index (χ2v) is 4.12. The molecule has 17 heavy (non-hydrogen) atoms. The summed E-state index contributed by atoms with van der Waals surface area (Å²) >= 11 is 0. The van der Waals surface area contributed by atoms with Crippen molar-refractivity contribution in [1.82, 2.24) is 15.1 Å². The maximum atomic E-state index is 5.00. The number of hydrogen-bond acceptors (Lipinski definition) is 3. The van der Waals surface area contributed by atoms with E-state index in [4.69, 9.17) is 4.74 Å². The fourth-order valence-electron chi connectivity index (χ4n) is 1.81. The minimum Gasteiger partial charge on any atom is -0.383 e. The number of nitrogens with one attached hydrogen (secondary N) is 1. The van der Waals surface area contributed by atoms with E-state index in [1.165, 1.54) is 11.3 Å². The fourth-order valence-corrected chi connectivity index (χ4v) is 1.81. The van der Waals surface area contributed by atoms with E-state index in [-0.39, 0.29) is 0 Å². The Labute approximate surface area is 104 Å². The molecule has 1 aromatic rings. The highest BCUT2D eigenvalue weighted by molar-refractivity contribution is 5.24. The Hall–Kier alpha value is -1.13. The van der Waals surface area contributed by atoms with Crippen molar-refractivity contribution < 1.29 is 4.74 Å². The Morgan fingerprint density at radius 3 is 2.88 bits per heavy atom. The predicted octanol–water partition coefficient (Wildman–Crippen LogP) is 1.81. The molecule has 0 radical (unpaired) electrons. The molecule has 4 heteroatoms. The highest BCUT2D eigenvalue weighted by atomic mass is 16.5. The third-order valence-electron chi connectivity index (χ3n) is 2.86. The van der Waals surface area contributed by atoms with Crippen molar-refractivity contribution in [3.63, 3.8) is 0 Å². The van der Waals surface area contributed by atoms with Gasteiger partial charge in [-0.25, -0.2) is 0 Å². The molecule has 0 saturated carbocycles. The van der Waals surface area contributed by atoms with Crippen molar-refractivity contribution in [2.45, 2.75) is 33.4 Å². The van der Waals surface area contributed by atoms with Gasteiger partial charge < -0.3 is 10.1 Å². The van der Waals surface area contributed by atoms with Crippen LogP contribution in [-0.2, 0) is 17.8 Å². The number of aromatic nitrogens is 2. The molecular weight excluding hydrogens is 214 g/mol. The third-order valence-corrected chi connectivity index (χ3v) is 2.86. The van der Waals surface area contributed by atoms with Gasteiger partial charge in [-0.05, 0) is 20.3 Å². The SMILES string of the molecule is C=CCCn1nc(C)c(CNCCOC)c1C. The average Bonchev–Trinajstić information content (AvgIpc) is 2.58. The molecule has 0 amide bonds. The number of hydrogen-bond donors (Lipinski definition) is 1. The molecule has 1 rings (SSSR count). The van der Waals surface area contributed by atoms with E-state index in [1.807, 2.05) is 6.08 Å². The van der Waals surface area contributed by atoms with Gasteiger partial charge in [-0.2, -0.15) is 5.10 Å². The maximum Gasteiger partial charge on any atom is 0.0641 e. The van der Waals surface area contributed by atoms with Crippen molar-refractivity contribution in [3.8, 4) is 0 Å². The molecule has 1 N–H and O–H groups in total. The largest absolute Gasteiger partial charge is 0.383 e. The quantitative estimate of drug-likeness (QED) is 0.553. The van der Waals surface area contributed by atoms with Gasteiger partial charge in [0.2, 0.25) is 0 Å². The highest BCUT2D eigenvalue weighted by Crippen LogP contribution is 2.13. The Morgan fingerprint density at radius 2 is 2.24 bits per heavy atom. The highest BCUT2D eigenvalue weighted by Gasteiger charge is 2.10. The summed E-state index contributed by atoms with van der Waals surface area (Å²) in [4.78, 5) is 0. The van der Waals surface area contributed by atoms with Crippen molar-refractivity contribution in [1.29, 1.82) is 0 Å². The molecule has 0 spiro atoms. The van der Waals surface area contributed by atoms with Crippen LogP contribution in [0.25, 0.3) is 0 Å². The first-order chi connectivity index (χ1) is 8.20. The van der Waals surface area contributed by atoms with E-state index in [0.717, 1.165) is 38.4 Å². The fraction of sp³-hybridized carbons (Fsp3) is 0.615. The molecule has 0 fully saturated rings. The minimum absolute atomic E-state index is 0.739. The Balaban J connectivity index is 2.58. The lowest BCUT2D eigenvalue weighted by Gasteiger charge is -2.05. The zero-order valence-electron chi connectivity index (χ0n) is 11.1. The number of nitrogens with zero attached hydrogens (tertiary/aromatic N) is 2. The normalized spacial score (nSPS) is 10.8. The van der Waals surface area contributed by atoms with Crippen LogP contribution in [0.15, 0.2) is 12.7 Å². The molecule has 0 aromatic carbocycles. The van der Waals surface area contributed by atoms with Gasteiger partial charge in [0.05, 0.1) is 12.3 Å². The molecule has 1 heterocycles. The molecule has 0 atom stereocenters. The summed E-state index contributed by atoms with van der Waals surface area (Å²) < 4.78 is 7.06. The van der Waals surface area contributed by atoms with Gasteiger partial charge in [-0.15, -0.1) is 6.58 Å². The first kappa shape index (κ1) is 13.9. The molecule has 4 nitrogen and oxygen atoms in total. The van der Waals surface area contributed by atoms with Crippen LogP contribution in [0.3, 0.4) is 0 Å². The van der Waals surface area contributed by atoms with Gasteiger partial charge in [0.15, 0.2) is 0 Å². The van der Waals surface area contributed by atoms with Gasteiger partial charge in [0.25, 0.3) is 0 Å². The second kappa shape index (κ2) is 7.25. The predicted molar refractivity (Wildman–Crippen MR) is 70.1 cm³/mol. The van der Waals surface area contributed by atoms with E-state index in [2.05, 4.69) is 35.5 Å².